The molecule has 0 spiro atoms. The molecular weight excluding hydrogens is 381 g/mol. The van der Waals surface area contributed by atoms with E-state index in [-0.39, 0.29) is 24.7 Å². The van der Waals surface area contributed by atoms with Crippen LogP contribution >= 0.6 is 0 Å². The van der Waals surface area contributed by atoms with Crippen LogP contribution in [0.3, 0.4) is 0 Å². The van der Waals surface area contributed by atoms with Gasteiger partial charge in [0.1, 0.15) is 24.4 Å². The Bertz CT molecular complexity index is 1030. The van der Waals surface area contributed by atoms with Gasteiger partial charge in [-0.3, -0.25) is 9.69 Å². The van der Waals surface area contributed by atoms with Gasteiger partial charge in [0.05, 0.1) is 31.5 Å². The second kappa shape index (κ2) is 7.70. The van der Waals surface area contributed by atoms with E-state index < -0.39 is 18.0 Å². The molecule has 1 atom stereocenters. The Morgan fingerprint density at radius 1 is 1.38 bits per heavy atom. The summed E-state index contributed by atoms with van der Waals surface area (Å²) >= 11 is 0. The van der Waals surface area contributed by atoms with E-state index >= 15 is 0 Å². The highest BCUT2D eigenvalue weighted by Gasteiger charge is 2.32. The van der Waals surface area contributed by atoms with Crippen LogP contribution in [0.15, 0.2) is 43.2 Å². The SMILES string of the molecule is CC(=O)NC[C@H]1CN(c2ccc(-n3cc(Cn4cncn4)cn3)c(F)c2)C(=O)O1. The minimum atomic E-state index is -0.582. The zero-order valence-electron chi connectivity index (χ0n) is 15.5. The number of nitrogens with zero attached hydrogens (tertiary/aromatic N) is 6. The molecule has 1 N–H and O–H groups in total. The molecule has 10 nitrogen and oxygen atoms in total. The van der Waals surface area contributed by atoms with Crippen molar-refractivity contribution in [2.24, 2.45) is 0 Å². The van der Waals surface area contributed by atoms with Crippen LogP contribution in [0.1, 0.15) is 12.5 Å². The molecule has 1 aliphatic rings. The summed E-state index contributed by atoms with van der Waals surface area (Å²) in [6, 6.07) is 4.43. The van der Waals surface area contributed by atoms with Gasteiger partial charge in [0.15, 0.2) is 5.82 Å². The van der Waals surface area contributed by atoms with Crippen LogP contribution in [-0.4, -0.2) is 55.7 Å². The van der Waals surface area contributed by atoms with Crippen LogP contribution in [0.25, 0.3) is 5.69 Å². The number of anilines is 1. The zero-order valence-corrected chi connectivity index (χ0v) is 15.5. The molecule has 0 unspecified atom stereocenters. The highest BCUT2D eigenvalue weighted by atomic mass is 19.1. The average Bonchev–Trinajstić information content (AvgIpc) is 3.42. The minimum absolute atomic E-state index is 0.208. The van der Waals surface area contributed by atoms with Gasteiger partial charge in [0.2, 0.25) is 5.91 Å². The third-order valence-corrected chi connectivity index (χ3v) is 4.39. The third kappa shape index (κ3) is 4.08. The van der Waals surface area contributed by atoms with Gasteiger partial charge in [0, 0.05) is 18.7 Å². The number of benzene rings is 1. The maximum atomic E-state index is 14.7. The summed E-state index contributed by atoms with van der Waals surface area (Å²) in [5.74, 6) is -0.742. The van der Waals surface area contributed by atoms with Crippen molar-refractivity contribution < 1.29 is 18.7 Å². The summed E-state index contributed by atoms with van der Waals surface area (Å²) in [5, 5.41) is 10.8. The van der Waals surface area contributed by atoms with Gasteiger partial charge < -0.3 is 10.1 Å². The predicted molar refractivity (Wildman–Crippen MR) is 98.9 cm³/mol. The van der Waals surface area contributed by atoms with Crippen LogP contribution < -0.4 is 10.2 Å². The van der Waals surface area contributed by atoms with E-state index in [0.29, 0.717) is 12.2 Å². The van der Waals surface area contributed by atoms with Crippen molar-refractivity contribution in [1.29, 1.82) is 0 Å². The topological polar surface area (TPSA) is 107 Å². The fraction of sp³-hybridized carbons (Fsp3) is 0.278. The molecule has 150 valence electrons. The number of aromatic nitrogens is 5. The number of halogens is 1. The van der Waals surface area contributed by atoms with Gasteiger partial charge in [0.25, 0.3) is 0 Å². The molecule has 29 heavy (non-hydrogen) atoms. The van der Waals surface area contributed by atoms with E-state index in [1.54, 1.807) is 35.5 Å². The second-order valence-electron chi connectivity index (χ2n) is 6.58. The van der Waals surface area contributed by atoms with Gasteiger partial charge >= 0.3 is 6.09 Å². The zero-order chi connectivity index (χ0) is 20.4. The van der Waals surface area contributed by atoms with Crippen molar-refractivity contribution in [3.8, 4) is 5.69 Å². The summed E-state index contributed by atoms with van der Waals surface area (Å²) in [6.07, 6.45) is 5.28. The van der Waals surface area contributed by atoms with Crippen LogP contribution in [0.2, 0.25) is 0 Å². The summed E-state index contributed by atoms with van der Waals surface area (Å²) in [7, 11) is 0. The first-order valence-electron chi connectivity index (χ1n) is 8.88. The maximum Gasteiger partial charge on any atom is 0.414 e. The number of hydrogen-bond acceptors (Lipinski definition) is 6. The molecule has 1 aliphatic heterocycles. The Hall–Kier alpha value is -3.76. The molecule has 1 saturated heterocycles. The molecule has 2 amide bonds. The molecular formula is C18H18FN7O3. The van der Waals surface area contributed by atoms with E-state index in [1.807, 2.05) is 0 Å². The molecule has 0 radical (unpaired) electrons. The lowest BCUT2D eigenvalue weighted by Crippen LogP contribution is -2.33. The first kappa shape index (κ1) is 18.6. The third-order valence-electron chi connectivity index (χ3n) is 4.39. The maximum absolute atomic E-state index is 14.7. The fourth-order valence-corrected chi connectivity index (χ4v) is 3.02. The van der Waals surface area contributed by atoms with Crippen molar-refractivity contribution in [3.63, 3.8) is 0 Å². The Balaban J connectivity index is 1.48. The highest BCUT2D eigenvalue weighted by molar-refractivity contribution is 5.90. The summed E-state index contributed by atoms with van der Waals surface area (Å²) in [4.78, 5) is 28.3. The first-order valence-corrected chi connectivity index (χ1v) is 8.88. The van der Waals surface area contributed by atoms with Crippen LogP contribution in [0.4, 0.5) is 14.9 Å². The van der Waals surface area contributed by atoms with Gasteiger partial charge in [-0.25, -0.2) is 23.5 Å². The standard InChI is InChI=1S/C18H18FN7O3/c1-12(27)21-6-15-9-25(18(28)29-15)14-2-3-17(16(19)4-14)26-8-13(5-22-26)7-24-11-20-10-23-24/h2-5,8,10-11,15H,6-7,9H2,1H3,(H,21,27)/t15-/m0/s1. The number of rotatable bonds is 6. The molecule has 1 fully saturated rings. The van der Waals surface area contributed by atoms with Crippen molar-refractivity contribution in [3.05, 3.63) is 54.6 Å². The highest BCUT2D eigenvalue weighted by Crippen LogP contribution is 2.25. The van der Waals surface area contributed by atoms with Crippen molar-refractivity contribution in [2.75, 3.05) is 18.0 Å². The molecule has 3 heterocycles. The molecule has 0 bridgehead atoms. The number of carbonyl (C=O) groups excluding carboxylic acids is 2. The molecule has 3 aromatic rings. The Labute approximate surface area is 164 Å². The van der Waals surface area contributed by atoms with Gasteiger partial charge in [-0.2, -0.15) is 10.2 Å². The largest absolute Gasteiger partial charge is 0.442 e. The minimum Gasteiger partial charge on any atom is -0.442 e. The van der Waals surface area contributed by atoms with Crippen LogP contribution in [0, 0.1) is 5.82 Å². The van der Waals surface area contributed by atoms with Crippen molar-refractivity contribution in [1.82, 2.24) is 29.9 Å². The Morgan fingerprint density at radius 3 is 2.97 bits per heavy atom. The summed E-state index contributed by atoms with van der Waals surface area (Å²) < 4.78 is 23.0. The quantitative estimate of drug-likeness (QED) is 0.666. The lowest BCUT2D eigenvalue weighted by atomic mass is 10.2. The molecule has 4 rings (SSSR count). The molecule has 0 aliphatic carbocycles. The van der Waals surface area contributed by atoms with E-state index in [2.05, 4.69) is 20.5 Å². The van der Waals surface area contributed by atoms with Crippen LogP contribution in [-0.2, 0) is 16.1 Å². The number of nitrogens with one attached hydrogen (secondary N) is 1. The van der Waals surface area contributed by atoms with Crippen molar-refractivity contribution in [2.45, 2.75) is 19.6 Å². The number of cyclic esters (lactones) is 1. The number of amides is 2. The van der Waals surface area contributed by atoms with Gasteiger partial charge in [-0.05, 0) is 18.2 Å². The van der Waals surface area contributed by atoms with Crippen molar-refractivity contribution >= 4 is 17.7 Å². The van der Waals surface area contributed by atoms with Gasteiger partial charge in [-0.1, -0.05) is 0 Å². The molecule has 1 aromatic carbocycles. The molecule has 2 aromatic heterocycles. The van der Waals surface area contributed by atoms with Crippen LogP contribution in [0.5, 0.6) is 0 Å². The monoisotopic (exact) mass is 399 g/mol. The Morgan fingerprint density at radius 2 is 2.24 bits per heavy atom. The molecule has 0 saturated carbocycles. The second-order valence-corrected chi connectivity index (χ2v) is 6.58. The van der Waals surface area contributed by atoms with Gasteiger partial charge in [-0.15, -0.1) is 0 Å². The summed E-state index contributed by atoms with van der Waals surface area (Å²) in [5.41, 5.74) is 1.46. The van der Waals surface area contributed by atoms with E-state index in [9.17, 15) is 14.0 Å². The molecule has 11 heteroatoms. The van der Waals surface area contributed by atoms with E-state index in [0.717, 1.165) is 5.56 Å². The first-order chi connectivity index (χ1) is 14.0. The summed E-state index contributed by atoms with van der Waals surface area (Å²) in [6.45, 7) is 2.28. The number of carbonyl (C=O) groups is 2. The average molecular weight is 399 g/mol. The lowest BCUT2D eigenvalue weighted by Gasteiger charge is -2.14. The number of hydrogen-bond donors (Lipinski definition) is 1. The fourth-order valence-electron chi connectivity index (χ4n) is 3.02. The lowest BCUT2D eigenvalue weighted by molar-refractivity contribution is -0.119. The van der Waals surface area contributed by atoms with E-state index in [4.69, 9.17) is 4.74 Å². The Kier molecular flexibility index (Phi) is 4.94. The normalized spacial score (nSPS) is 16.1. The number of ether oxygens (including phenoxy) is 1. The smallest absolute Gasteiger partial charge is 0.414 e. The van der Waals surface area contributed by atoms with E-state index in [1.165, 1.54) is 28.9 Å². The predicted octanol–water partition coefficient (Wildman–Crippen LogP) is 1.11.